The molecule has 0 aliphatic heterocycles. The molecule has 0 heterocycles. The lowest BCUT2D eigenvalue weighted by atomic mass is 10.1. The van der Waals surface area contributed by atoms with Crippen molar-refractivity contribution in [1.82, 2.24) is 5.32 Å². The Labute approximate surface area is 85.6 Å². The number of hydrogen-bond acceptors (Lipinski definition) is 2. The standard InChI is InChI=1S/C10H17ClN2/c1-5-6-8(11)9(7-12)13-10(2,3)4/h13H,5-6H2,1-4H3/b9-8-. The molecule has 0 aromatic carbocycles. The Morgan fingerprint density at radius 3 is 2.31 bits per heavy atom. The van der Waals surface area contributed by atoms with Gasteiger partial charge in [0.25, 0.3) is 0 Å². The van der Waals surface area contributed by atoms with Gasteiger partial charge in [-0.2, -0.15) is 5.26 Å². The van der Waals surface area contributed by atoms with E-state index in [-0.39, 0.29) is 5.54 Å². The monoisotopic (exact) mass is 200 g/mol. The van der Waals surface area contributed by atoms with Crippen molar-refractivity contribution in [1.29, 1.82) is 5.26 Å². The molecule has 0 atom stereocenters. The highest BCUT2D eigenvalue weighted by molar-refractivity contribution is 6.30. The summed E-state index contributed by atoms with van der Waals surface area (Å²) in [5, 5.41) is 12.5. The van der Waals surface area contributed by atoms with Crippen LogP contribution in [0.3, 0.4) is 0 Å². The Morgan fingerprint density at radius 1 is 1.46 bits per heavy atom. The lowest BCUT2D eigenvalue weighted by Crippen LogP contribution is -2.35. The van der Waals surface area contributed by atoms with Crippen molar-refractivity contribution in [2.45, 2.75) is 46.1 Å². The molecule has 0 aromatic heterocycles. The van der Waals surface area contributed by atoms with Gasteiger partial charge in [0.2, 0.25) is 0 Å². The Morgan fingerprint density at radius 2 is 2.00 bits per heavy atom. The molecule has 0 bridgehead atoms. The van der Waals surface area contributed by atoms with Crippen molar-refractivity contribution >= 4 is 11.6 Å². The number of nitrogens with one attached hydrogen (secondary N) is 1. The van der Waals surface area contributed by atoms with Crippen molar-refractivity contribution in [3.05, 3.63) is 10.7 Å². The van der Waals surface area contributed by atoms with Gasteiger partial charge in [0, 0.05) is 5.54 Å². The Hall–Kier alpha value is -0.680. The predicted octanol–water partition coefficient (Wildman–Crippen LogP) is 3.15. The number of halogens is 1. The zero-order valence-corrected chi connectivity index (χ0v) is 9.50. The molecule has 0 aliphatic rings. The van der Waals surface area contributed by atoms with Gasteiger partial charge in [-0.15, -0.1) is 0 Å². The van der Waals surface area contributed by atoms with Gasteiger partial charge in [-0.3, -0.25) is 0 Å². The van der Waals surface area contributed by atoms with E-state index < -0.39 is 0 Å². The van der Waals surface area contributed by atoms with Gasteiger partial charge in [-0.25, -0.2) is 0 Å². The third-order valence-corrected chi connectivity index (χ3v) is 1.73. The topological polar surface area (TPSA) is 35.8 Å². The number of rotatable bonds is 3. The smallest absolute Gasteiger partial charge is 0.128 e. The van der Waals surface area contributed by atoms with Crippen LogP contribution in [-0.4, -0.2) is 5.54 Å². The van der Waals surface area contributed by atoms with Crippen molar-refractivity contribution in [2.24, 2.45) is 0 Å². The fourth-order valence-electron chi connectivity index (χ4n) is 0.876. The van der Waals surface area contributed by atoms with Crippen LogP contribution >= 0.6 is 11.6 Å². The molecular formula is C10H17ClN2. The summed E-state index contributed by atoms with van der Waals surface area (Å²) in [6, 6.07) is 2.08. The van der Waals surface area contributed by atoms with E-state index in [0.717, 1.165) is 12.8 Å². The number of allylic oxidation sites excluding steroid dienone is 2. The molecule has 2 nitrogen and oxygen atoms in total. The van der Waals surface area contributed by atoms with Crippen molar-refractivity contribution in [3.8, 4) is 6.07 Å². The van der Waals surface area contributed by atoms with Crippen LogP contribution in [0.5, 0.6) is 0 Å². The quantitative estimate of drug-likeness (QED) is 0.711. The highest BCUT2D eigenvalue weighted by atomic mass is 35.5. The van der Waals surface area contributed by atoms with Crippen LogP contribution in [0.25, 0.3) is 0 Å². The highest BCUT2D eigenvalue weighted by Crippen LogP contribution is 2.15. The van der Waals surface area contributed by atoms with Gasteiger partial charge in [0.15, 0.2) is 0 Å². The molecule has 0 unspecified atom stereocenters. The van der Waals surface area contributed by atoms with Gasteiger partial charge in [-0.05, 0) is 27.2 Å². The fraction of sp³-hybridized carbons (Fsp3) is 0.700. The van der Waals surface area contributed by atoms with Gasteiger partial charge in [0.1, 0.15) is 11.8 Å². The Kier molecular flexibility index (Phi) is 4.87. The zero-order valence-electron chi connectivity index (χ0n) is 8.74. The second-order valence-electron chi connectivity index (χ2n) is 4.02. The normalized spacial score (nSPS) is 13.2. The van der Waals surface area contributed by atoms with E-state index in [1.807, 2.05) is 27.7 Å². The summed E-state index contributed by atoms with van der Waals surface area (Å²) in [5.41, 5.74) is 0.384. The first-order valence-electron chi connectivity index (χ1n) is 4.47. The summed E-state index contributed by atoms with van der Waals surface area (Å²) in [6.07, 6.45) is 1.71. The largest absolute Gasteiger partial charge is 0.371 e. The SMILES string of the molecule is CCC/C(Cl)=C(\C#N)NC(C)(C)C. The maximum atomic E-state index is 8.83. The molecule has 0 fully saturated rings. The van der Waals surface area contributed by atoms with Crippen molar-refractivity contribution in [3.63, 3.8) is 0 Å². The predicted molar refractivity (Wildman–Crippen MR) is 56.3 cm³/mol. The fourth-order valence-corrected chi connectivity index (χ4v) is 1.15. The molecule has 0 aromatic rings. The summed E-state index contributed by atoms with van der Waals surface area (Å²) in [4.78, 5) is 0. The number of nitrogens with zero attached hydrogens (tertiary/aromatic N) is 1. The number of hydrogen-bond donors (Lipinski definition) is 1. The van der Waals surface area contributed by atoms with Crippen LogP contribution in [0.15, 0.2) is 10.7 Å². The Bertz CT molecular complexity index is 230. The second-order valence-corrected chi connectivity index (χ2v) is 4.47. The molecule has 0 saturated carbocycles. The zero-order chi connectivity index (χ0) is 10.5. The van der Waals surface area contributed by atoms with Gasteiger partial charge < -0.3 is 5.32 Å². The van der Waals surface area contributed by atoms with Crippen LogP contribution in [-0.2, 0) is 0 Å². The molecule has 1 N–H and O–H groups in total. The first-order valence-corrected chi connectivity index (χ1v) is 4.85. The second kappa shape index (κ2) is 5.14. The summed E-state index contributed by atoms with van der Waals surface area (Å²) in [6.45, 7) is 8.04. The molecule has 0 amide bonds. The molecule has 13 heavy (non-hydrogen) atoms. The molecular weight excluding hydrogens is 184 g/mol. The first-order chi connectivity index (χ1) is 5.90. The van der Waals surface area contributed by atoms with Crippen LogP contribution in [0.1, 0.15) is 40.5 Å². The van der Waals surface area contributed by atoms with Gasteiger partial charge >= 0.3 is 0 Å². The van der Waals surface area contributed by atoms with E-state index >= 15 is 0 Å². The van der Waals surface area contributed by atoms with Crippen molar-refractivity contribution < 1.29 is 0 Å². The average Bonchev–Trinajstić information content (AvgIpc) is 1.99. The minimum atomic E-state index is -0.112. The van der Waals surface area contributed by atoms with Crippen LogP contribution in [0, 0.1) is 11.3 Å². The maximum Gasteiger partial charge on any atom is 0.128 e. The molecule has 0 radical (unpaired) electrons. The van der Waals surface area contributed by atoms with E-state index in [0.29, 0.717) is 10.7 Å². The summed E-state index contributed by atoms with van der Waals surface area (Å²) < 4.78 is 0. The van der Waals surface area contributed by atoms with Crippen LogP contribution < -0.4 is 5.32 Å². The molecule has 3 heteroatoms. The molecule has 0 rings (SSSR count). The Balaban J connectivity index is 4.53. The summed E-state index contributed by atoms with van der Waals surface area (Å²) in [7, 11) is 0. The van der Waals surface area contributed by atoms with E-state index in [9.17, 15) is 0 Å². The third-order valence-electron chi connectivity index (χ3n) is 1.35. The van der Waals surface area contributed by atoms with E-state index in [1.54, 1.807) is 0 Å². The lowest BCUT2D eigenvalue weighted by Gasteiger charge is -2.21. The molecule has 0 saturated heterocycles. The molecule has 0 aliphatic carbocycles. The lowest BCUT2D eigenvalue weighted by molar-refractivity contribution is 0.479. The molecule has 74 valence electrons. The van der Waals surface area contributed by atoms with Crippen LogP contribution in [0.2, 0.25) is 0 Å². The van der Waals surface area contributed by atoms with E-state index in [4.69, 9.17) is 16.9 Å². The maximum absolute atomic E-state index is 8.83. The number of nitriles is 1. The van der Waals surface area contributed by atoms with Crippen LogP contribution in [0.4, 0.5) is 0 Å². The first kappa shape index (κ1) is 12.3. The minimum Gasteiger partial charge on any atom is -0.371 e. The van der Waals surface area contributed by atoms with E-state index in [1.165, 1.54) is 0 Å². The van der Waals surface area contributed by atoms with Crippen molar-refractivity contribution in [2.75, 3.05) is 0 Å². The van der Waals surface area contributed by atoms with Gasteiger partial charge in [0.05, 0.1) is 5.03 Å². The molecule has 0 spiro atoms. The summed E-state index contributed by atoms with van der Waals surface area (Å²) >= 11 is 5.95. The van der Waals surface area contributed by atoms with E-state index in [2.05, 4.69) is 11.4 Å². The highest BCUT2D eigenvalue weighted by Gasteiger charge is 2.13. The van der Waals surface area contributed by atoms with Gasteiger partial charge in [-0.1, -0.05) is 24.9 Å². The average molecular weight is 201 g/mol. The minimum absolute atomic E-state index is 0.112. The third kappa shape index (κ3) is 5.54. The summed E-state index contributed by atoms with van der Waals surface area (Å²) in [5.74, 6) is 0.